The summed E-state index contributed by atoms with van der Waals surface area (Å²) in [6.45, 7) is 6.34. The summed E-state index contributed by atoms with van der Waals surface area (Å²) in [4.78, 5) is 24.7. The Morgan fingerprint density at radius 1 is 1.19 bits per heavy atom. The molecule has 0 saturated heterocycles. The van der Waals surface area contributed by atoms with Crippen LogP contribution in [0.1, 0.15) is 34.0 Å². The van der Waals surface area contributed by atoms with Gasteiger partial charge in [0.15, 0.2) is 5.60 Å². The first-order valence-electron chi connectivity index (χ1n) is 8.68. The maximum absolute atomic E-state index is 12.6. The number of ether oxygens (including phenoxy) is 2. The third-order valence-corrected chi connectivity index (χ3v) is 4.41. The molecule has 0 spiro atoms. The molecule has 5 heteroatoms. The molecule has 3 rings (SSSR count). The van der Waals surface area contributed by atoms with Crippen molar-refractivity contribution in [3.63, 3.8) is 0 Å². The van der Waals surface area contributed by atoms with E-state index in [1.54, 1.807) is 19.1 Å². The Hall–Kier alpha value is -2.82. The molecule has 1 atom stereocenters. The third-order valence-electron chi connectivity index (χ3n) is 4.41. The van der Waals surface area contributed by atoms with Crippen molar-refractivity contribution in [3.05, 3.63) is 64.7 Å². The maximum Gasteiger partial charge on any atom is 0.339 e. The molecule has 1 N–H and O–H groups in total. The quantitative estimate of drug-likeness (QED) is 0.663. The largest absolute Gasteiger partial charge is 0.492 e. The molecule has 0 aliphatic carbocycles. The van der Waals surface area contributed by atoms with Gasteiger partial charge in [-0.25, -0.2) is 4.79 Å². The van der Waals surface area contributed by atoms with Crippen LogP contribution >= 0.6 is 0 Å². The molecule has 26 heavy (non-hydrogen) atoms. The molecular weight excluding hydrogens is 330 g/mol. The number of esters is 1. The normalized spacial score (nSPS) is 18.7. The summed E-state index contributed by atoms with van der Waals surface area (Å²) < 4.78 is 11.1. The van der Waals surface area contributed by atoms with Crippen molar-refractivity contribution in [1.29, 1.82) is 0 Å². The Morgan fingerprint density at radius 2 is 1.88 bits per heavy atom. The Balaban J connectivity index is 1.56. The van der Waals surface area contributed by atoms with Gasteiger partial charge in [-0.15, -0.1) is 0 Å². The van der Waals surface area contributed by atoms with Crippen LogP contribution in [0.15, 0.2) is 42.5 Å². The number of carbonyl (C=O) groups is 2. The minimum Gasteiger partial charge on any atom is -0.492 e. The summed E-state index contributed by atoms with van der Waals surface area (Å²) in [7, 11) is 0. The van der Waals surface area contributed by atoms with Crippen LogP contribution in [0.2, 0.25) is 0 Å². The highest BCUT2D eigenvalue weighted by Gasteiger charge is 2.42. The van der Waals surface area contributed by atoms with Crippen molar-refractivity contribution >= 4 is 11.9 Å². The molecule has 1 heterocycles. The molecule has 0 aromatic heterocycles. The number of nitrogens with one attached hydrogen (secondary N) is 1. The average Bonchev–Trinajstić information content (AvgIpc) is 2.57. The fraction of sp³-hybridized carbons (Fsp3) is 0.333. The molecule has 0 saturated carbocycles. The second-order valence-corrected chi connectivity index (χ2v) is 6.88. The highest BCUT2D eigenvalue weighted by Crippen LogP contribution is 2.28. The lowest BCUT2D eigenvalue weighted by molar-refractivity contribution is -0.139. The van der Waals surface area contributed by atoms with Crippen LogP contribution in [-0.2, 0) is 16.0 Å². The SMILES string of the molecule is Cc1cc(C)cc(OCCNC(=O)C2(C)Cc3ccccc3C(=O)O2)c1. The van der Waals surface area contributed by atoms with Gasteiger partial charge in [0.1, 0.15) is 12.4 Å². The molecule has 1 aliphatic rings. The van der Waals surface area contributed by atoms with Gasteiger partial charge in [0.2, 0.25) is 0 Å². The number of cyclic esters (lactones) is 1. The van der Waals surface area contributed by atoms with Crippen molar-refractivity contribution in [1.82, 2.24) is 5.32 Å². The summed E-state index contributed by atoms with van der Waals surface area (Å²) in [6, 6.07) is 13.2. The summed E-state index contributed by atoms with van der Waals surface area (Å²) in [5.74, 6) is 0.00124. The van der Waals surface area contributed by atoms with Crippen molar-refractivity contribution in [2.45, 2.75) is 32.8 Å². The van der Waals surface area contributed by atoms with Crippen LogP contribution in [0.5, 0.6) is 5.75 Å². The second kappa shape index (κ2) is 7.20. The topological polar surface area (TPSA) is 64.6 Å². The minimum atomic E-state index is -1.20. The van der Waals surface area contributed by atoms with Crippen molar-refractivity contribution in [2.24, 2.45) is 0 Å². The fourth-order valence-electron chi connectivity index (χ4n) is 3.20. The standard InChI is InChI=1S/C21H23NO4/c1-14-10-15(2)12-17(11-14)25-9-8-22-20(24)21(3)13-16-6-4-5-7-18(16)19(23)26-21/h4-7,10-12H,8-9,13H2,1-3H3,(H,22,24). The first kappa shape index (κ1) is 18.0. The van der Waals surface area contributed by atoms with Crippen LogP contribution < -0.4 is 10.1 Å². The molecular formula is C21H23NO4. The first-order valence-corrected chi connectivity index (χ1v) is 8.68. The van der Waals surface area contributed by atoms with E-state index < -0.39 is 11.6 Å². The Kier molecular flexibility index (Phi) is 4.98. The van der Waals surface area contributed by atoms with Gasteiger partial charge in [-0.2, -0.15) is 0 Å². The van der Waals surface area contributed by atoms with Gasteiger partial charge in [0.25, 0.3) is 5.91 Å². The van der Waals surface area contributed by atoms with Crippen molar-refractivity contribution < 1.29 is 19.1 Å². The molecule has 1 unspecified atom stereocenters. The summed E-state index contributed by atoms with van der Waals surface area (Å²) in [6.07, 6.45) is 0.360. The molecule has 2 aromatic carbocycles. The fourth-order valence-corrected chi connectivity index (χ4v) is 3.20. The Morgan fingerprint density at radius 3 is 2.62 bits per heavy atom. The zero-order valence-electron chi connectivity index (χ0n) is 15.3. The Labute approximate surface area is 153 Å². The van der Waals surface area contributed by atoms with Gasteiger partial charge in [-0.1, -0.05) is 24.3 Å². The van der Waals surface area contributed by atoms with Gasteiger partial charge in [-0.3, -0.25) is 4.79 Å². The second-order valence-electron chi connectivity index (χ2n) is 6.88. The van der Waals surface area contributed by atoms with E-state index in [1.165, 1.54) is 0 Å². The van der Waals surface area contributed by atoms with E-state index in [-0.39, 0.29) is 5.91 Å². The van der Waals surface area contributed by atoms with E-state index in [1.807, 2.05) is 38.1 Å². The number of aryl methyl sites for hydroxylation is 2. The van der Waals surface area contributed by atoms with E-state index in [2.05, 4.69) is 11.4 Å². The van der Waals surface area contributed by atoms with Gasteiger partial charge in [0, 0.05) is 6.42 Å². The average molecular weight is 353 g/mol. The molecule has 0 bridgehead atoms. The van der Waals surface area contributed by atoms with Crippen LogP contribution in [0.25, 0.3) is 0 Å². The molecule has 0 radical (unpaired) electrons. The molecule has 2 aromatic rings. The maximum atomic E-state index is 12.6. The van der Waals surface area contributed by atoms with Gasteiger partial charge >= 0.3 is 5.97 Å². The van der Waals surface area contributed by atoms with Gasteiger partial charge in [0.05, 0.1) is 12.1 Å². The van der Waals surface area contributed by atoms with Crippen molar-refractivity contribution in [2.75, 3.05) is 13.2 Å². The summed E-state index contributed by atoms with van der Waals surface area (Å²) in [5, 5.41) is 2.80. The number of carbonyl (C=O) groups excluding carboxylic acids is 2. The number of hydrogen-bond donors (Lipinski definition) is 1. The van der Waals surface area contributed by atoms with Gasteiger partial charge in [-0.05, 0) is 55.7 Å². The lowest BCUT2D eigenvalue weighted by Crippen LogP contribution is -2.52. The highest BCUT2D eigenvalue weighted by molar-refractivity contribution is 5.97. The predicted molar refractivity (Wildman–Crippen MR) is 98.4 cm³/mol. The number of benzene rings is 2. The van der Waals surface area contributed by atoms with Crippen molar-refractivity contribution in [3.8, 4) is 5.75 Å². The molecule has 0 fully saturated rings. The van der Waals surface area contributed by atoms with E-state index >= 15 is 0 Å². The number of rotatable bonds is 5. The van der Waals surface area contributed by atoms with Crippen LogP contribution in [-0.4, -0.2) is 30.6 Å². The zero-order chi connectivity index (χ0) is 18.7. The smallest absolute Gasteiger partial charge is 0.339 e. The molecule has 1 aliphatic heterocycles. The molecule has 5 nitrogen and oxygen atoms in total. The number of hydrogen-bond acceptors (Lipinski definition) is 4. The minimum absolute atomic E-state index is 0.315. The third kappa shape index (κ3) is 3.87. The first-order chi connectivity index (χ1) is 12.4. The highest BCUT2D eigenvalue weighted by atomic mass is 16.6. The van der Waals surface area contributed by atoms with E-state index in [4.69, 9.17) is 9.47 Å². The van der Waals surface area contributed by atoms with Gasteiger partial charge < -0.3 is 14.8 Å². The predicted octanol–water partition coefficient (Wildman–Crippen LogP) is 2.97. The molecule has 136 valence electrons. The summed E-state index contributed by atoms with van der Waals surface area (Å²) >= 11 is 0. The zero-order valence-corrected chi connectivity index (χ0v) is 15.3. The van der Waals surface area contributed by atoms with E-state index in [0.717, 1.165) is 22.4 Å². The van der Waals surface area contributed by atoms with Crippen LogP contribution in [0, 0.1) is 13.8 Å². The van der Waals surface area contributed by atoms with Crippen LogP contribution in [0.3, 0.4) is 0 Å². The van der Waals surface area contributed by atoms with Crippen LogP contribution in [0.4, 0.5) is 0 Å². The number of fused-ring (bicyclic) bond motifs is 1. The number of amides is 1. The van der Waals surface area contributed by atoms with E-state index in [9.17, 15) is 9.59 Å². The lowest BCUT2D eigenvalue weighted by Gasteiger charge is -2.33. The van der Waals surface area contributed by atoms with E-state index in [0.29, 0.717) is 25.1 Å². The Bertz CT molecular complexity index is 825. The monoisotopic (exact) mass is 353 g/mol. The lowest BCUT2D eigenvalue weighted by atomic mass is 9.89. The summed E-state index contributed by atoms with van der Waals surface area (Å²) in [5.41, 5.74) is 2.41. The molecule has 1 amide bonds.